The highest BCUT2D eigenvalue weighted by Crippen LogP contribution is 2.40. The molecule has 0 radical (unpaired) electrons. The Bertz CT molecular complexity index is 307. The number of rotatable bonds is 8. The molecule has 0 aromatic carbocycles. The first-order chi connectivity index (χ1) is 9.78. The van der Waals surface area contributed by atoms with Gasteiger partial charge in [0.05, 0.1) is 0 Å². The molecule has 2 aliphatic rings. The van der Waals surface area contributed by atoms with Gasteiger partial charge in [0.1, 0.15) is 0 Å². The van der Waals surface area contributed by atoms with E-state index in [-0.39, 0.29) is 0 Å². The van der Waals surface area contributed by atoms with Gasteiger partial charge < -0.3 is 15.4 Å². The van der Waals surface area contributed by atoms with Crippen LogP contribution in [0.3, 0.4) is 0 Å². The molecule has 0 unspecified atom stereocenters. The van der Waals surface area contributed by atoms with Crippen molar-refractivity contribution in [2.45, 2.75) is 51.4 Å². The summed E-state index contributed by atoms with van der Waals surface area (Å²) in [6, 6.07) is 0. The molecule has 2 rings (SSSR count). The lowest BCUT2D eigenvalue weighted by molar-refractivity contribution is 0.138. The van der Waals surface area contributed by atoms with Crippen molar-refractivity contribution in [3.8, 4) is 0 Å². The average Bonchev–Trinajstić information content (AvgIpc) is 3.18. The third-order valence-electron chi connectivity index (χ3n) is 4.90. The zero-order valence-corrected chi connectivity index (χ0v) is 13.2. The Morgan fingerprint density at radius 3 is 2.60 bits per heavy atom. The summed E-state index contributed by atoms with van der Waals surface area (Å²) in [5.41, 5.74) is 0.421. The Morgan fingerprint density at radius 1 is 1.25 bits per heavy atom. The highest BCUT2D eigenvalue weighted by Gasteiger charge is 2.33. The molecule has 0 spiro atoms. The van der Waals surface area contributed by atoms with Crippen molar-refractivity contribution in [3.05, 3.63) is 0 Å². The van der Waals surface area contributed by atoms with Gasteiger partial charge in [0.25, 0.3) is 0 Å². The second-order valence-electron chi connectivity index (χ2n) is 6.53. The largest absolute Gasteiger partial charge is 0.385 e. The van der Waals surface area contributed by atoms with Gasteiger partial charge in [-0.3, -0.25) is 4.99 Å². The lowest BCUT2D eigenvalue weighted by Crippen LogP contribution is -2.43. The van der Waals surface area contributed by atoms with Crippen LogP contribution in [-0.4, -0.2) is 39.8 Å². The fourth-order valence-corrected chi connectivity index (χ4v) is 3.25. The zero-order valence-electron chi connectivity index (χ0n) is 13.2. The van der Waals surface area contributed by atoms with Crippen LogP contribution in [0.1, 0.15) is 51.4 Å². The van der Waals surface area contributed by atoms with Gasteiger partial charge >= 0.3 is 0 Å². The summed E-state index contributed by atoms with van der Waals surface area (Å²) in [5.74, 6) is 1.94. The van der Waals surface area contributed by atoms with Crippen molar-refractivity contribution < 1.29 is 4.74 Å². The van der Waals surface area contributed by atoms with Crippen molar-refractivity contribution in [2.75, 3.05) is 33.9 Å². The van der Waals surface area contributed by atoms with E-state index in [1.807, 2.05) is 7.05 Å². The van der Waals surface area contributed by atoms with Gasteiger partial charge in [-0.05, 0) is 37.0 Å². The quantitative estimate of drug-likeness (QED) is 0.531. The number of guanidine groups is 1. The smallest absolute Gasteiger partial charge is 0.190 e. The highest BCUT2D eigenvalue weighted by atomic mass is 16.5. The molecule has 4 heteroatoms. The standard InChI is InChI=1S/C16H31N3O/c1-17-15(18-11-7-14-5-6-14)19-13-16(10-12-20-2)8-3-4-9-16/h14H,3-13H2,1-2H3,(H2,17,18,19). The zero-order chi connectivity index (χ0) is 14.3. The predicted molar refractivity (Wildman–Crippen MR) is 84.1 cm³/mol. The van der Waals surface area contributed by atoms with Crippen molar-refractivity contribution in [1.82, 2.24) is 10.6 Å². The van der Waals surface area contributed by atoms with Crippen LogP contribution in [0.15, 0.2) is 4.99 Å². The molecule has 4 nitrogen and oxygen atoms in total. The topological polar surface area (TPSA) is 45.7 Å². The van der Waals surface area contributed by atoms with Gasteiger partial charge in [-0.15, -0.1) is 0 Å². The lowest BCUT2D eigenvalue weighted by atomic mass is 9.83. The summed E-state index contributed by atoms with van der Waals surface area (Å²) >= 11 is 0. The normalized spacial score (nSPS) is 22.0. The number of hydrogen-bond donors (Lipinski definition) is 2. The van der Waals surface area contributed by atoms with Crippen LogP contribution < -0.4 is 10.6 Å². The van der Waals surface area contributed by atoms with E-state index in [2.05, 4.69) is 15.6 Å². The van der Waals surface area contributed by atoms with E-state index in [0.717, 1.165) is 38.0 Å². The highest BCUT2D eigenvalue weighted by molar-refractivity contribution is 5.79. The van der Waals surface area contributed by atoms with Crippen molar-refractivity contribution >= 4 is 5.96 Å². The number of aliphatic imine (C=N–C) groups is 1. The Kier molecular flexibility index (Phi) is 6.14. The van der Waals surface area contributed by atoms with Crippen LogP contribution in [-0.2, 0) is 4.74 Å². The fraction of sp³-hybridized carbons (Fsp3) is 0.938. The Hall–Kier alpha value is -0.770. The molecule has 0 amide bonds. The lowest BCUT2D eigenvalue weighted by Gasteiger charge is -2.30. The first-order valence-electron chi connectivity index (χ1n) is 8.21. The van der Waals surface area contributed by atoms with Gasteiger partial charge in [0.2, 0.25) is 0 Å². The summed E-state index contributed by atoms with van der Waals surface area (Å²) in [4.78, 5) is 4.34. The van der Waals surface area contributed by atoms with E-state index in [9.17, 15) is 0 Å². The number of ether oxygens (including phenoxy) is 1. The van der Waals surface area contributed by atoms with E-state index in [0.29, 0.717) is 5.41 Å². The van der Waals surface area contributed by atoms with Gasteiger partial charge in [-0.2, -0.15) is 0 Å². The summed E-state index contributed by atoms with van der Waals surface area (Å²) in [7, 11) is 3.66. The number of nitrogens with zero attached hydrogens (tertiary/aromatic N) is 1. The van der Waals surface area contributed by atoms with Crippen LogP contribution in [0.4, 0.5) is 0 Å². The molecule has 0 aromatic rings. The van der Waals surface area contributed by atoms with Gasteiger partial charge in [0, 0.05) is 33.9 Å². The molecule has 0 heterocycles. The second-order valence-corrected chi connectivity index (χ2v) is 6.53. The van der Waals surface area contributed by atoms with E-state index in [1.54, 1.807) is 7.11 Å². The molecule has 0 saturated heterocycles. The number of methoxy groups -OCH3 is 1. The maximum atomic E-state index is 5.29. The summed E-state index contributed by atoms with van der Waals surface area (Å²) in [5, 5.41) is 6.98. The van der Waals surface area contributed by atoms with Crippen molar-refractivity contribution in [2.24, 2.45) is 16.3 Å². The SMILES string of the molecule is CN=C(NCCC1CC1)NCC1(CCOC)CCCC1. The third kappa shape index (κ3) is 4.97. The first kappa shape index (κ1) is 15.6. The Balaban J connectivity index is 1.71. The van der Waals surface area contributed by atoms with Crippen molar-refractivity contribution in [1.29, 1.82) is 0 Å². The van der Waals surface area contributed by atoms with E-state index >= 15 is 0 Å². The number of nitrogens with one attached hydrogen (secondary N) is 2. The molecule has 2 fully saturated rings. The second kappa shape index (κ2) is 7.87. The van der Waals surface area contributed by atoms with Crippen molar-refractivity contribution in [3.63, 3.8) is 0 Å². The molecule has 2 N–H and O–H groups in total. The summed E-state index contributed by atoms with van der Waals surface area (Å²) in [6.45, 7) is 2.95. The third-order valence-corrected chi connectivity index (χ3v) is 4.90. The van der Waals surface area contributed by atoms with Crippen LogP contribution >= 0.6 is 0 Å². The van der Waals surface area contributed by atoms with E-state index < -0.39 is 0 Å². The average molecular weight is 281 g/mol. The van der Waals surface area contributed by atoms with E-state index in [4.69, 9.17) is 4.74 Å². The minimum absolute atomic E-state index is 0.421. The van der Waals surface area contributed by atoms with Gasteiger partial charge in [-0.1, -0.05) is 25.7 Å². The monoisotopic (exact) mass is 281 g/mol. The Labute approximate surface area is 123 Å². The molecule has 0 atom stereocenters. The molecular weight excluding hydrogens is 250 g/mol. The fourth-order valence-electron chi connectivity index (χ4n) is 3.25. The molecule has 2 saturated carbocycles. The summed E-state index contributed by atoms with van der Waals surface area (Å²) in [6.07, 6.45) is 10.7. The molecule has 20 heavy (non-hydrogen) atoms. The molecular formula is C16H31N3O. The molecule has 0 aliphatic heterocycles. The van der Waals surface area contributed by atoms with Gasteiger partial charge in [0.15, 0.2) is 5.96 Å². The Morgan fingerprint density at radius 2 is 2.00 bits per heavy atom. The maximum Gasteiger partial charge on any atom is 0.190 e. The van der Waals surface area contributed by atoms with Crippen LogP contribution in [0.25, 0.3) is 0 Å². The maximum absolute atomic E-state index is 5.29. The van der Waals surface area contributed by atoms with E-state index in [1.165, 1.54) is 44.9 Å². The molecule has 0 aromatic heterocycles. The van der Waals surface area contributed by atoms with Gasteiger partial charge in [-0.25, -0.2) is 0 Å². The van der Waals surface area contributed by atoms with Crippen LogP contribution in [0.5, 0.6) is 0 Å². The van der Waals surface area contributed by atoms with Crippen LogP contribution in [0.2, 0.25) is 0 Å². The minimum Gasteiger partial charge on any atom is -0.385 e. The molecule has 116 valence electrons. The minimum atomic E-state index is 0.421. The molecule has 0 bridgehead atoms. The van der Waals surface area contributed by atoms with Crippen LogP contribution in [0, 0.1) is 11.3 Å². The first-order valence-corrected chi connectivity index (χ1v) is 8.21. The molecule has 2 aliphatic carbocycles. The predicted octanol–water partition coefficient (Wildman–Crippen LogP) is 2.55. The number of hydrogen-bond acceptors (Lipinski definition) is 2. The summed E-state index contributed by atoms with van der Waals surface area (Å²) < 4.78 is 5.29.